The topological polar surface area (TPSA) is 37.3 Å². The number of aliphatic carboxylic acids is 1. The van der Waals surface area contributed by atoms with Crippen molar-refractivity contribution < 1.29 is 9.90 Å². The Morgan fingerprint density at radius 1 is 1.12 bits per heavy atom. The highest BCUT2D eigenvalue weighted by Gasteiger charge is 1.87. The molecule has 0 unspecified atom stereocenters. The van der Waals surface area contributed by atoms with E-state index in [4.69, 9.17) is 11.5 Å². The maximum atomic E-state index is 10.2. The van der Waals surface area contributed by atoms with Crippen molar-refractivity contribution in [2.75, 3.05) is 0 Å². The van der Waals surface area contributed by atoms with Gasteiger partial charge in [0.15, 0.2) is 0 Å². The van der Waals surface area contributed by atoms with Gasteiger partial charge in [0.25, 0.3) is 0 Å². The zero-order valence-electron chi connectivity index (χ0n) is 9.98. The molecule has 17 heavy (non-hydrogen) atoms. The summed E-state index contributed by atoms with van der Waals surface area (Å²) in [4.78, 5) is 10.2. The molecule has 0 spiro atoms. The van der Waals surface area contributed by atoms with Crippen LogP contribution in [0.5, 0.6) is 0 Å². The van der Waals surface area contributed by atoms with E-state index in [-0.39, 0.29) is 0 Å². The first-order valence-corrected chi connectivity index (χ1v) is 5.75. The Labute approximate surface area is 103 Å². The molecule has 0 aliphatic rings. The van der Waals surface area contributed by atoms with Gasteiger partial charge < -0.3 is 5.11 Å². The minimum atomic E-state index is -0.874. The fourth-order valence-corrected chi connectivity index (χ4v) is 1.25. The van der Waals surface area contributed by atoms with Crippen LogP contribution in [0.1, 0.15) is 38.5 Å². The van der Waals surface area contributed by atoms with Crippen LogP contribution in [-0.2, 0) is 4.79 Å². The zero-order chi connectivity index (χ0) is 12.8. The van der Waals surface area contributed by atoms with E-state index in [0.717, 1.165) is 32.1 Å². The van der Waals surface area contributed by atoms with Crippen molar-refractivity contribution in [3.05, 3.63) is 24.3 Å². The Hall–Kier alpha value is -1.93. The molecule has 0 saturated carbocycles. The largest absolute Gasteiger partial charge is 0.478 e. The van der Waals surface area contributed by atoms with Crippen molar-refractivity contribution in [2.24, 2.45) is 0 Å². The quantitative estimate of drug-likeness (QED) is 0.301. The highest BCUT2D eigenvalue weighted by molar-refractivity contribution is 5.79. The lowest BCUT2D eigenvalue weighted by Gasteiger charge is -1.94. The molecule has 0 rings (SSSR count). The Bertz CT molecular complexity index is 359. The number of hydrogen-bond acceptors (Lipinski definition) is 1. The van der Waals surface area contributed by atoms with E-state index in [1.807, 2.05) is 6.08 Å². The fourth-order valence-electron chi connectivity index (χ4n) is 1.25. The molecule has 0 saturated heterocycles. The molecule has 0 atom stereocenters. The maximum absolute atomic E-state index is 10.2. The highest BCUT2D eigenvalue weighted by Crippen LogP contribution is 2.04. The fraction of sp³-hybridized carbons (Fsp3) is 0.400. The molecular formula is C15H18O2. The lowest BCUT2D eigenvalue weighted by molar-refractivity contribution is -0.131. The molecule has 0 radical (unpaired) electrons. The van der Waals surface area contributed by atoms with Gasteiger partial charge in [-0.2, -0.15) is 0 Å². The molecule has 0 aromatic carbocycles. The molecule has 0 amide bonds. The predicted octanol–water partition coefficient (Wildman–Crippen LogP) is 3.16. The first-order chi connectivity index (χ1) is 8.27. The highest BCUT2D eigenvalue weighted by atomic mass is 16.4. The SMILES string of the molecule is C#CC#CCC=CCCCCCC=CC(=O)O. The van der Waals surface area contributed by atoms with Crippen molar-refractivity contribution in [1.82, 2.24) is 0 Å². The number of terminal acetylenes is 1. The van der Waals surface area contributed by atoms with Crippen LogP contribution in [0.15, 0.2) is 24.3 Å². The van der Waals surface area contributed by atoms with Crippen molar-refractivity contribution in [3.8, 4) is 24.2 Å². The molecule has 0 aliphatic carbocycles. The van der Waals surface area contributed by atoms with Gasteiger partial charge in [0.2, 0.25) is 0 Å². The summed E-state index contributed by atoms with van der Waals surface area (Å²) < 4.78 is 0. The second-order valence-corrected chi connectivity index (χ2v) is 3.50. The number of rotatable bonds is 8. The van der Waals surface area contributed by atoms with E-state index in [2.05, 4.69) is 23.8 Å². The normalized spacial score (nSPS) is 10.1. The lowest BCUT2D eigenvalue weighted by Crippen LogP contribution is -1.85. The molecule has 2 nitrogen and oxygen atoms in total. The zero-order valence-corrected chi connectivity index (χ0v) is 9.98. The molecule has 0 heterocycles. The van der Waals surface area contributed by atoms with Gasteiger partial charge >= 0.3 is 5.97 Å². The van der Waals surface area contributed by atoms with E-state index >= 15 is 0 Å². The number of carboxylic acids is 1. The second kappa shape index (κ2) is 12.1. The van der Waals surface area contributed by atoms with Crippen molar-refractivity contribution >= 4 is 5.97 Å². The third-order valence-electron chi connectivity index (χ3n) is 2.05. The van der Waals surface area contributed by atoms with Crippen LogP contribution in [0, 0.1) is 24.2 Å². The number of hydrogen-bond donors (Lipinski definition) is 1. The van der Waals surface area contributed by atoms with Crippen molar-refractivity contribution in [1.29, 1.82) is 0 Å². The minimum absolute atomic E-state index is 0.714. The maximum Gasteiger partial charge on any atom is 0.327 e. The monoisotopic (exact) mass is 230 g/mol. The number of allylic oxidation sites excluding steroid dienone is 3. The van der Waals surface area contributed by atoms with Gasteiger partial charge in [-0.3, -0.25) is 0 Å². The summed E-state index contributed by atoms with van der Waals surface area (Å²) in [6.45, 7) is 0. The van der Waals surface area contributed by atoms with Crippen LogP contribution < -0.4 is 0 Å². The van der Waals surface area contributed by atoms with Crippen LogP contribution >= 0.6 is 0 Å². The van der Waals surface area contributed by atoms with Crippen molar-refractivity contribution in [3.63, 3.8) is 0 Å². The van der Waals surface area contributed by atoms with E-state index in [1.54, 1.807) is 6.08 Å². The van der Waals surface area contributed by atoms with E-state index < -0.39 is 5.97 Å². The molecule has 0 fully saturated rings. The molecule has 90 valence electrons. The molecule has 0 aromatic heterocycles. The van der Waals surface area contributed by atoms with Gasteiger partial charge in [-0.05, 0) is 37.5 Å². The van der Waals surface area contributed by atoms with Crippen LogP contribution in [0.25, 0.3) is 0 Å². The predicted molar refractivity (Wildman–Crippen MR) is 70.2 cm³/mol. The summed E-state index contributed by atoms with van der Waals surface area (Å²) in [6.07, 6.45) is 17.9. The summed E-state index contributed by atoms with van der Waals surface area (Å²) in [6, 6.07) is 0. The minimum Gasteiger partial charge on any atom is -0.478 e. The molecule has 0 aliphatic heterocycles. The van der Waals surface area contributed by atoms with Crippen LogP contribution in [0.2, 0.25) is 0 Å². The third kappa shape index (κ3) is 14.1. The van der Waals surface area contributed by atoms with Gasteiger partial charge in [-0.15, -0.1) is 6.42 Å². The average molecular weight is 230 g/mol. The first-order valence-electron chi connectivity index (χ1n) is 5.75. The smallest absolute Gasteiger partial charge is 0.327 e. The van der Waals surface area contributed by atoms with Crippen molar-refractivity contribution in [2.45, 2.75) is 38.5 Å². The Kier molecular flexibility index (Phi) is 10.8. The van der Waals surface area contributed by atoms with Crippen LogP contribution in [0.3, 0.4) is 0 Å². The van der Waals surface area contributed by atoms with Gasteiger partial charge in [-0.1, -0.05) is 30.6 Å². The molecule has 2 heteroatoms. The number of carboxylic acid groups (broad SMARTS) is 1. The molecule has 0 bridgehead atoms. The third-order valence-corrected chi connectivity index (χ3v) is 2.05. The van der Waals surface area contributed by atoms with Crippen LogP contribution in [0.4, 0.5) is 0 Å². The standard InChI is InChI=1S/C15H18O2/c1-2-3-4-5-6-7-8-9-10-11-12-13-14-15(16)17/h1,6-7,13-14H,5,8-12H2,(H,16,17). The number of unbranched alkanes of at least 4 members (excludes halogenated alkanes) is 4. The Morgan fingerprint density at radius 3 is 2.47 bits per heavy atom. The molecule has 1 N–H and O–H groups in total. The second-order valence-electron chi connectivity index (χ2n) is 3.50. The molecular weight excluding hydrogens is 212 g/mol. The summed E-state index contributed by atoms with van der Waals surface area (Å²) >= 11 is 0. The van der Waals surface area contributed by atoms with E-state index in [9.17, 15) is 4.79 Å². The van der Waals surface area contributed by atoms with E-state index in [1.165, 1.54) is 6.08 Å². The summed E-state index contributed by atoms with van der Waals surface area (Å²) in [7, 11) is 0. The van der Waals surface area contributed by atoms with Gasteiger partial charge in [-0.25, -0.2) is 4.79 Å². The van der Waals surface area contributed by atoms with Gasteiger partial charge in [0.1, 0.15) is 0 Å². The first kappa shape index (κ1) is 15.1. The summed E-state index contributed by atoms with van der Waals surface area (Å²) in [5.41, 5.74) is 0. The number of carbonyl (C=O) groups is 1. The molecule has 0 aromatic rings. The van der Waals surface area contributed by atoms with Gasteiger partial charge in [0.05, 0.1) is 0 Å². The summed E-state index contributed by atoms with van der Waals surface area (Å²) in [5, 5.41) is 8.36. The van der Waals surface area contributed by atoms with Gasteiger partial charge in [0, 0.05) is 12.5 Å². The lowest BCUT2D eigenvalue weighted by atomic mass is 10.1. The van der Waals surface area contributed by atoms with Crippen LogP contribution in [-0.4, -0.2) is 11.1 Å². The summed E-state index contributed by atoms with van der Waals surface area (Å²) in [5.74, 6) is 6.77. The van der Waals surface area contributed by atoms with E-state index in [0.29, 0.717) is 6.42 Å². The Morgan fingerprint density at radius 2 is 1.82 bits per heavy atom. The Balaban J connectivity index is 3.30. The average Bonchev–Trinajstić information content (AvgIpc) is 2.30.